The lowest BCUT2D eigenvalue weighted by atomic mass is 9.88. The van der Waals surface area contributed by atoms with Crippen LogP contribution in [-0.2, 0) is 4.79 Å². The summed E-state index contributed by atoms with van der Waals surface area (Å²) in [5.41, 5.74) is 3.92. The first-order valence-electron chi connectivity index (χ1n) is 13.4. The highest BCUT2D eigenvalue weighted by atomic mass is 16.2. The van der Waals surface area contributed by atoms with Crippen LogP contribution in [-0.4, -0.2) is 60.9 Å². The fraction of sp³-hybridized carbons (Fsp3) is 0.517. The van der Waals surface area contributed by atoms with E-state index in [1.165, 1.54) is 12.0 Å². The third-order valence-corrected chi connectivity index (χ3v) is 7.49. The molecule has 188 valence electrons. The van der Waals surface area contributed by atoms with E-state index in [4.69, 9.17) is 0 Å². The van der Waals surface area contributed by atoms with Crippen LogP contribution in [0.25, 0.3) is 0 Å². The molecule has 0 bridgehead atoms. The largest absolute Gasteiger partial charge is 0.339 e. The van der Waals surface area contributed by atoms with Gasteiger partial charge >= 0.3 is 0 Å². The predicted molar refractivity (Wildman–Crippen MR) is 142 cm³/mol. The van der Waals surface area contributed by atoms with Gasteiger partial charge in [0.2, 0.25) is 5.91 Å². The van der Waals surface area contributed by atoms with Crippen molar-refractivity contribution >= 4 is 17.5 Å². The van der Waals surface area contributed by atoms with Crippen molar-refractivity contribution < 1.29 is 9.59 Å². The van der Waals surface area contributed by atoms with E-state index >= 15 is 0 Å². The number of hydrogen-bond acceptors (Lipinski definition) is 4. The van der Waals surface area contributed by atoms with Crippen molar-refractivity contribution in [2.24, 2.45) is 5.92 Å². The zero-order chi connectivity index (χ0) is 24.6. The van der Waals surface area contributed by atoms with Crippen molar-refractivity contribution in [2.75, 3.05) is 44.6 Å². The van der Waals surface area contributed by atoms with Gasteiger partial charge in [-0.1, -0.05) is 43.5 Å². The van der Waals surface area contributed by atoms with E-state index in [0.717, 1.165) is 68.7 Å². The third-order valence-electron chi connectivity index (χ3n) is 7.49. The number of carbonyl (C=O) groups is 2. The van der Waals surface area contributed by atoms with E-state index in [9.17, 15) is 9.59 Å². The molecule has 2 aromatic rings. The molecule has 1 heterocycles. The number of nitrogens with zero attached hydrogens (tertiary/aromatic N) is 2. The molecule has 35 heavy (non-hydrogen) atoms. The summed E-state index contributed by atoms with van der Waals surface area (Å²) in [6.45, 7) is 9.24. The van der Waals surface area contributed by atoms with Gasteiger partial charge in [-0.05, 0) is 62.1 Å². The van der Waals surface area contributed by atoms with Gasteiger partial charge in [-0.15, -0.1) is 0 Å². The van der Waals surface area contributed by atoms with Gasteiger partial charge in [0.1, 0.15) is 0 Å². The highest BCUT2D eigenvalue weighted by Gasteiger charge is 2.26. The van der Waals surface area contributed by atoms with Crippen LogP contribution in [0.2, 0.25) is 0 Å². The third kappa shape index (κ3) is 6.30. The minimum atomic E-state index is 0.0706. The van der Waals surface area contributed by atoms with E-state index in [2.05, 4.69) is 39.8 Å². The van der Waals surface area contributed by atoms with E-state index in [0.29, 0.717) is 13.1 Å². The smallest absolute Gasteiger partial charge is 0.253 e. The van der Waals surface area contributed by atoms with E-state index < -0.39 is 0 Å². The van der Waals surface area contributed by atoms with Gasteiger partial charge in [0, 0.05) is 56.4 Å². The molecule has 1 aliphatic heterocycles. The second kappa shape index (κ2) is 12.3. The lowest BCUT2D eigenvalue weighted by molar-refractivity contribution is -0.120. The average Bonchev–Trinajstić information content (AvgIpc) is 2.91. The Morgan fingerprint density at radius 1 is 0.971 bits per heavy atom. The SMILES string of the molecule is CCN(CC)C(=O)c1ccc(C(c2cccc(NC(=O)C3CCCCC3)c2)N2CCNCC2)cc1. The summed E-state index contributed by atoms with van der Waals surface area (Å²) in [5.74, 6) is 0.361. The number of hydrogen-bond donors (Lipinski definition) is 2. The minimum Gasteiger partial charge on any atom is -0.339 e. The van der Waals surface area contributed by atoms with Crippen LogP contribution in [0.1, 0.15) is 73.5 Å². The standard InChI is InChI=1S/C29H40N4O2/c1-3-32(4-2)29(35)24-15-13-22(14-16-24)27(33-19-17-30-18-20-33)25-11-8-12-26(21-25)31-28(34)23-9-6-5-7-10-23/h8,11-16,21,23,27,30H,3-7,9-10,17-20H2,1-2H3,(H,31,34). The Morgan fingerprint density at radius 2 is 1.66 bits per heavy atom. The Kier molecular flexibility index (Phi) is 8.94. The molecule has 1 saturated carbocycles. The van der Waals surface area contributed by atoms with Crippen LogP contribution in [0.15, 0.2) is 48.5 Å². The molecule has 2 aromatic carbocycles. The van der Waals surface area contributed by atoms with Gasteiger partial charge in [-0.2, -0.15) is 0 Å². The normalized spacial score (nSPS) is 18.1. The highest BCUT2D eigenvalue weighted by Crippen LogP contribution is 2.32. The molecule has 6 heteroatoms. The van der Waals surface area contributed by atoms with Crippen LogP contribution >= 0.6 is 0 Å². The first-order chi connectivity index (χ1) is 17.1. The van der Waals surface area contributed by atoms with Gasteiger partial charge in [0.15, 0.2) is 0 Å². The Hall–Kier alpha value is -2.70. The van der Waals surface area contributed by atoms with Crippen LogP contribution in [0.4, 0.5) is 5.69 Å². The first kappa shape index (κ1) is 25.4. The quantitative estimate of drug-likeness (QED) is 0.581. The van der Waals surface area contributed by atoms with Gasteiger partial charge in [0.05, 0.1) is 6.04 Å². The summed E-state index contributed by atoms with van der Waals surface area (Å²) in [5, 5.41) is 6.64. The highest BCUT2D eigenvalue weighted by molar-refractivity contribution is 5.94. The number of benzene rings is 2. The fourth-order valence-electron chi connectivity index (χ4n) is 5.45. The van der Waals surface area contributed by atoms with Crippen LogP contribution in [0.5, 0.6) is 0 Å². The molecule has 4 rings (SSSR count). The summed E-state index contributed by atoms with van der Waals surface area (Å²) >= 11 is 0. The molecule has 1 unspecified atom stereocenters. The molecule has 1 saturated heterocycles. The first-order valence-corrected chi connectivity index (χ1v) is 13.4. The van der Waals surface area contributed by atoms with E-state index in [1.807, 2.05) is 43.0 Å². The number of piperazine rings is 1. The molecule has 6 nitrogen and oxygen atoms in total. The predicted octanol–water partition coefficient (Wildman–Crippen LogP) is 4.68. The number of rotatable bonds is 8. The van der Waals surface area contributed by atoms with Gasteiger partial charge in [-0.25, -0.2) is 0 Å². The summed E-state index contributed by atoms with van der Waals surface area (Å²) in [4.78, 5) is 30.0. The molecule has 2 N–H and O–H groups in total. The van der Waals surface area contributed by atoms with Crippen LogP contribution in [0.3, 0.4) is 0 Å². The number of anilines is 1. The summed E-state index contributed by atoms with van der Waals surface area (Å²) in [6.07, 6.45) is 5.53. The van der Waals surface area contributed by atoms with Crippen molar-refractivity contribution in [3.63, 3.8) is 0 Å². The van der Waals surface area contributed by atoms with Crippen LogP contribution < -0.4 is 10.6 Å². The van der Waals surface area contributed by atoms with Crippen molar-refractivity contribution in [2.45, 2.75) is 52.0 Å². The van der Waals surface area contributed by atoms with Crippen LogP contribution in [0, 0.1) is 5.92 Å². The lowest BCUT2D eigenvalue weighted by Gasteiger charge is -2.36. The minimum absolute atomic E-state index is 0.0706. The van der Waals surface area contributed by atoms with E-state index in [-0.39, 0.29) is 23.8 Å². The maximum atomic E-state index is 12.9. The van der Waals surface area contributed by atoms with Crippen molar-refractivity contribution in [3.05, 3.63) is 65.2 Å². The Labute approximate surface area is 210 Å². The second-order valence-corrected chi connectivity index (χ2v) is 9.74. The molecule has 2 amide bonds. The van der Waals surface area contributed by atoms with Gasteiger partial charge in [0.25, 0.3) is 5.91 Å². The monoisotopic (exact) mass is 476 g/mol. The van der Waals surface area contributed by atoms with Crippen molar-refractivity contribution in [1.82, 2.24) is 15.1 Å². The zero-order valence-electron chi connectivity index (χ0n) is 21.3. The molecule has 2 aliphatic rings. The Morgan fingerprint density at radius 3 is 2.31 bits per heavy atom. The van der Waals surface area contributed by atoms with Crippen molar-refractivity contribution in [3.8, 4) is 0 Å². The molecule has 0 radical (unpaired) electrons. The number of amides is 2. The van der Waals surface area contributed by atoms with Crippen molar-refractivity contribution in [1.29, 1.82) is 0 Å². The summed E-state index contributed by atoms with van der Waals surface area (Å²) < 4.78 is 0. The average molecular weight is 477 g/mol. The maximum absolute atomic E-state index is 12.9. The lowest BCUT2D eigenvalue weighted by Crippen LogP contribution is -2.45. The topological polar surface area (TPSA) is 64.7 Å². The fourth-order valence-corrected chi connectivity index (χ4v) is 5.45. The number of carbonyl (C=O) groups excluding carboxylic acids is 2. The van der Waals surface area contributed by atoms with E-state index in [1.54, 1.807) is 0 Å². The second-order valence-electron chi connectivity index (χ2n) is 9.74. The molecule has 2 fully saturated rings. The summed E-state index contributed by atoms with van der Waals surface area (Å²) in [6, 6.07) is 16.5. The molecule has 1 atom stereocenters. The molecular formula is C29H40N4O2. The summed E-state index contributed by atoms with van der Waals surface area (Å²) in [7, 11) is 0. The molecule has 0 spiro atoms. The Bertz CT molecular complexity index is 974. The maximum Gasteiger partial charge on any atom is 0.253 e. The Balaban J connectivity index is 1.58. The zero-order valence-corrected chi connectivity index (χ0v) is 21.3. The van der Waals surface area contributed by atoms with Gasteiger partial charge < -0.3 is 15.5 Å². The number of nitrogens with one attached hydrogen (secondary N) is 2. The molecular weight excluding hydrogens is 436 g/mol. The molecule has 1 aliphatic carbocycles. The molecule has 0 aromatic heterocycles. The van der Waals surface area contributed by atoms with Gasteiger partial charge in [-0.3, -0.25) is 14.5 Å².